The van der Waals surface area contributed by atoms with E-state index in [-0.39, 0.29) is 24.4 Å². The molecule has 1 unspecified atom stereocenters. The van der Waals surface area contributed by atoms with Gasteiger partial charge in [0, 0.05) is 19.4 Å². The summed E-state index contributed by atoms with van der Waals surface area (Å²) in [6, 6.07) is 8.29. The fourth-order valence-electron chi connectivity index (χ4n) is 2.84. The van der Waals surface area contributed by atoms with Crippen molar-refractivity contribution < 1.29 is 31.9 Å². The topological polar surface area (TPSA) is 51.9 Å². The first-order chi connectivity index (χ1) is 12.9. The van der Waals surface area contributed by atoms with E-state index in [9.17, 15) is 18.0 Å². The summed E-state index contributed by atoms with van der Waals surface area (Å²) in [5, 5.41) is 0. The lowest BCUT2D eigenvalue weighted by Gasteiger charge is -2.33. The number of nitrogens with zero attached hydrogens (tertiary/aromatic N) is 1. The van der Waals surface area contributed by atoms with Crippen molar-refractivity contribution in [1.82, 2.24) is 4.90 Å². The van der Waals surface area contributed by atoms with Crippen LogP contribution in [-0.2, 0) is 22.1 Å². The van der Waals surface area contributed by atoms with Gasteiger partial charge in [0.2, 0.25) is 5.91 Å². The number of aryl methyl sites for hydroxylation is 1. The van der Waals surface area contributed by atoms with Crippen LogP contribution < -0.4 is 4.74 Å². The Labute approximate surface area is 154 Å². The first-order valence-electron chi connectivity index (χ1n) is 8.63. The minimum absolute atomic E-state index is 0.0150. The van der Waals surface area contributed by atoms with E-state index < -0.39 is 11.7 Å². The van der Waals surface area contributed by atoms with Crippen molar-refractivity contribution in [2.75, 3.05) is 26.3 Å². The Hall–Kier alpha value is -2.48. The first kappa shape index (κ1) is 19.3. The zero-order valence-electron chi connectivity index (χ0n) is 14.6. The van der Waals surface area contributed by atoms with Crippen LogP contribution in [0, 0.1) is 0 Å². The highest BCUT2D eigenvalue weighted by molar-refractivity contribution is 5.76. The van der Waals surface area contributed by atoms with E-state index in [1.54, 1.807) is 17.2 Å². The maximum absolute atomic E-state index is 12.7. The van der Waals surface area contributed by atoms with Crippen molar-refractivity contribution in [3.05, 3.63) is 54.0 Å². The van der Waals surface area contributed by atoms with E-state index in [1.807, 2.05) is 6.07 Å². The van der Waals surface area contributed by atoms with Gasteiger partial charge in [0.05, 0.1) is 25.0 Å². The van der Waals surface area contributed by atoms with Crippen LogP contribution >= 0.6 is 0 Å². The average Bonchev–Trinajstić information content (AvgIpc) is 3.18. The molecule has 146 valence electrons. The van der Waals surface area contributed by atoms with Gasteiger partial charge in [-0.3, -0.25) is 4.79 Å². The van der Waals surface area contributed by atoms with Gasteiger partial charge in [0.25, 0.3) is 0 Å². The Morgan fingerprint density at radius 1 is 1.26 bits per heavy atom. The molecule has 0 N–H and O–H groups in total. The number of ether oxygens (including phenoxy) is 2. The molecule has 2 aromatic rings. The fourth-order valence-corrected chi connectivity index (χ4v) is 2.84. The molecule has 1 fully saturated rings. The zero-order chi connectivity index (χ0) is 19.3. The molecular weight excluding hydrogens is 363 g/mol. The Balaban J connectivity index is 1.49. The van der Waals surface area contributed by atoms with Gasteiger partial charge < -0.3 is 18.8 Å². The number of hydrogen-bond donors (Lipinski definition) is 0. The highest BCUT2D eigenvalue weighted by Gasteiger charge is 2.31. The molecule has 1 aromatic heterocycles. The van der Waals surface area contributed by atoms with Crippen LogP contribution in [0.15, 0.2) is 47.1 Å². The quantitative estimate of drug-likeness (QED) is 0.766. The molecule has 1 aliphatic heterocycles. The van der Waals surface area contributed by atoms with Gasteiger partial charge in [-0.25, -0.2) is 0 Å². The number of morpholine rings is 1. The van der Waals surface area contributed by atoms with Crippen LogP contribution in [0.4, 0.5) is 13.2 Å². The van der Waals surface area contributed by atoms with Crippen molar-refractivity contribution in [2.24, 2.45) is 0 Å². The molecule has 0 bridgehead atoms. The number of hydrogen-bond acceptors (Lipinski definition) is 4. The standard InChI is InChI=1S/C19H20F3NO4/c20-19(21,22)14-3-1-4-16(11-14)27-13-17-12-23(8-10-26-17)18(24)7-6-15-5-2-9-25-15/h1-5,9,11,17H,6-8,10,12-13H2. The summed E-state index contributed by atoms with van der Waals surface area (Å²) in [6.45, 7) is 1.26. The second-order valence-electron chi connectivity index (χ2n) is 6.25. The number of carbonyl (C=O) groups excluding carboxylic acids is 1. The Kier molecular flexibility index (Phi) is 6.05. The van der Waals surface area contributed by atoms with Crippen LogP contribution in [0.5, 0.6) is 5.75 Å². The van der Waals surface area contributed by atoms with Crippen molar-refractivity contribution >= 4 is 5.91 Å². The summed E-state index contributed by atoms with van der Waals surface area (Å²) < 4.78 is 54.5. The monoisotopic (exact) mass is 383 g/mol. The van der Waals surface area contributed by atoms with Gasteiger partial charge in [-0.15, -0.1) is 0 Å². The first-order valence-corrected chi connectivity index (χ1v) is 8.63. The molecule has 27 heavy (non-hydrogen) atoms. The van der Waals surface area contributed by atoms with Crippen molar-refractivity contribution in [3.8, 4) is 5.75 Å². The van der Waals surface area contributed by atoms with Gasteiger partial charge in [0.1, 0.15) is 24.2 Å². The third kappa shape index (κ3) is 5.50. The Morgan fingerprint density at radius 2 is 2.11 bits per heavy atom. The molecule has 3 rings (SSSR count). The molecule has 0 aliphatic carbocycles. The molecule has 1 atom stereocenters. The molecule has 1 aliphatic rings. The lowest BCUT2D eigenvalue weighted by atomic mass is 10.2. The zero-order valence-corrected chi connectivity index (χ0v) is 14.6. The van der Waals surface area contributed by atoms with Gasteiger partial charge in [0.15, 0.2) is 0 Å². The minimum Gasteiger partial charge on any atom is -0.491 e. The van der Waals surface area contributed by atoms with Crippen molar-refractivity contribution in [1.29, 1.82) is 0 Å². The number of alkyl halides is 3. The van der Waals surface area contributed by atoms with Gasteiger partial charge in [-0.1, -0.05) is 6.07 Å². The second kappa shape index (κ2) is 8.47. The molecule has 1 amide bonds. The molecule has 0 spiro atoms. The number of rotatable bonds is 6. The summed E-state index contributed by atoms with van der Waals surface area (Å²) in [5.41, 5.74) is -0.765. The van der Waals surface area contributed by atoms with Gasteiger partial charge >= 0.3 is 6.18 Å². The third-order valence-corrected chi connectivity index (χ3v) is 4.25. The van der Waals surface area contributed by atoms with Crippen LogP contribution in [0.2, 0.25) is 0 Å². The summed E-state index contributed by atoms with van der Waals surface area (Å²) in [5.74, 6) is 0.856. The Morgan fingerprint density at radius 3 is 2.85 bits per heavy atom. The lowest BCUT2D eigenvalue weighted by Crippen LogP contribution is -2.47. The van der Waals surface area contributed by atoms with Crippen molar-refractivity contribution in [3.63, 3.8) is 0 Å². The van der Waals surface area contributed by atoms with Gasteiger partial charge in [-0.2, -0.15) is 13.2 Å². The average molecular weight is 383 g/mol. The maximum atomic E-state index is 12.7. The molecule has 2 heterocycles. The summed E-state index contributed by atoms with van der Waals surface area (Å²) >= 11 is 0. The minimum atomic E-state index is -4.42. The van der Waals surface area contributed by atoms with E-state index in [0.29, 0.717) is 32.5 Å². The molecule has 0 saturated carbocycles. The van der Waals surface area contributed by atoms with E-state index in [2.05, 4.69) is 0 Å². The molecule has 5 nitrogen and oxygen atoms in total. The number of amides is 1. The third-order valence-electron chi connectivity index (χ3n) is 4.25. The molecule has 1 aromatic carbocycles. The molecule has 1 saturated heterocycles. The molecule has 8 heteroatoms. The number of halogens is 3. The SMILES string of the molecule is O=C(CCc1ccco1)N1CCOC(COc2cccc(C(F)(F)F)c2)C1. The predicted molar refractivity (Wildman–Crippen MR) is 90.3 cm³/mol. The van der Waals surface area contributed by atoms with E-state index in [1.165, 1.54) is 12.1 Å². The van der Waals surface area contributed by atoms with Crippen molar-refractivity contribution in [2.45, 2.75) is 25.1 Å². The van der Waals surface area contributed by atoms with Crippen LogP contribution in [0.25, 0.3) is 0 Å². The molecular formula is C19H20F3NO4. The highest BCUT2D eigenvalue weighted by atomic mass is 19.4. The van der Waals surface area contributed by atoms with E-state index in [0.717, 1.165) is 17.9 Å². The summed E-state index contributed by atoms with van der Waals surface area (Å²) in [7, 11) is 0. The van der Waals surface area contributed by atoms with E-state index in [4.69, 9.17) is 13.9 Å². The maximum Gasteiger partial charge on any atom is 0.416 e. The fraction of sp³-hybridized carbons (Fsp3) is 0.421. The number of benzene rings is 1. The number of furan rings is 1. The van der Waals surface area contributed by atoms with Gasteiger partial charge in [-0.05, 0) is 30.3 Å². The molecule has 0 radical (unpaired) electrons. The smallest absolute Gasteiger partial charge is 0.416 e. The van der Waals surface area contributed by atoms with E-state index >= 15 is 0 Å². The Bertz CT molecular complexity index is 746. The van der Waals surface area contributed by atoms with Crippen LogP contribution in [0.1, 0.15) is 17.7 Å². The largest absolute Gasteiger partial charge is 0.491 e. The number of carbonyl (C=O) groups is 1. The summed E-state index contributed by atoms with van der Waals surface area (Å²) in [4.78, 5) is 14.0. The second-order valence-corrected chi connectivity index (χ2v) is 6.25. The lowest BCUT2D eigenvalue weighted by molar-refractivity contribution is -0.140. The highest BCUT2D eigenvalue weighted by Crippen LogP contribution is 2.31. The predicted octanol–water partition coefficient (Wildman–Crippen LogP) is 3.54. The normalized spacial score (nSPS) is 17.7. The van der Waals surface area contributed by atoms with Crippen LogP contribution in [-0.4, -0.2) is 43.2 Å². The van der Waals surface area contributed by atoms with Crippen LogP contribution in [0.3, 0.4) is 0 Å². The summed E-state index contributed by atoms with van der Waals surface area (Å²) in [6.07, 6.45) is -2.39.